The van der Waals surface area contributed by atoms with E-state index in [0.717, 1.165) is 0 Å². The fraction of sp³-hybridized carbons (Fsp3) is 0.550. The molecule has 0 aromatic heterocycles. The van der Waals surface area contributed by atoms with Gasteiger partial charge in [-0.05, 0) is 54.0 Å². The first kappa shape index (κ1) is 26.1. The molecule has 10 nitrogen and oxygen atoms in total. The number of esters is 1. The molecule has 0 saturated carbocycles. The van der Waals surface area contributed by atoms with Crippen LogP contribution >= 0.6 is 12.2 Å². The van der Waals surface area contributed by atoms with Gasteiger partial charge in [-0.1, -0.05) is 12.2 Å². The van der Waals surface area contributed by atoms with Gasteiger partial charge in [-0.15, -0.1) is 0 Å². The second-order valence-electron chi connectivity index (χ2n) is 8.84. The fourth-order valence-corrected chi connectivity index (χ4v) is 2.65. The molecular weight excluding hydrogens is 424 g/mol. The summed E-state index contributed by atoms with van der Waals surface area (Å²) in [5.41, 5.74) is 4.77. The van der Waals surface area contributed by atoms with Gasteiger partial charge in [0.05, 0.1) is 22.3 Å². The molecule has 0 heterocycles. The van der Waals surface area contributed by atoms with E-state index in [1.165, 1.54) is 18.2 Å². The van der Waals surface area contributed by atoms with Crippen molar-refractivity contribution in [3.05, 3.63) is 28.3 Å². The van der Waals surface area contributed by atoms with E-state index < -0.39 is 34.2 Å². The molecule has 1 atom stereocenters. The Kier molecular flexibility index (Phi) is 8.74. The van der Waals surface area contributed by atoms with Crippen LogP contribution < -0.4 is 16.4 Å². The molecule has 1 aromatic rings. The molecule has 0 spiro atoms. The van der Waals surface area contributed by atoms with Crippen LogP contribution in [0.4, 0.5) is 21.9 Å². The molecule has 0 saturated heterocycles. The van der Waals surface area contributed by atoms with Gasteiger partial charge in [0.25, 0.3) is 5.69 Å². The number of nitrogens with one attached hydrogen (secondary N) is 2. The Bertz CT molecular complexity index is 845. The largest absolute Gasteiger partial charge is 0.460 e. The molecule has 0 aliphatic rings. The predicted octanol–water partition coefficient (Wildman–Crippen LogP) is 3.93. The van der Waals surface area contributed by atoms with Gasteiger partial charge in [-0.3, -0.25) is 14.9 Å². The molecule has 0 aliphatic carbocycles. The normalized spacial score (nSPS) is 12.5. The summed E-state index contributed by atoms with van der Waals surface area (Å²) in [6, 6.07) is 3.07. The highest BCUT2D eigenvalue weighted by atomic mass is 32.1. The Labute approximate surface area is 187 Å². The summed E-state index contributed by atoms with van der Waals surface area (Å²) in [4.78, 5) is 34.9. The summed E-state index contributed by atoms with van der Waals surface area (Å²) in [5, 5.41) is 16.5. The quantitative estimate of drug-likeness (QED) is 0.183. The lowest BCUT2D eigenvalue weighted by Gasteiger charge is -2.25. The third kappa shape index (κ3) is 10.1. The predicted molar refractivity (Wildman–Crippen MR) is 122 cm³/mol. The summed E-state index contributed by atoms with van der Waals surface area (Å²) in [5.74, 6) is -0.457. The number of alkyl carbamates (subject to hydrolysis) is 1. The zero-order chi connectivity index (χ0) is 24.0. The van der Waals surface area contributed by atoms with Crippen molar-refractivity contribution < 1.29 is 24.0 Å². The summed E-state index contributed by atoms with van der Waals surface area (Å²) in [6.07, 6.45) is -0.628. The molecule has 0 aliphatic heterocycles. The third-order valence-corrected chi connectivity index (χ3v) is 3.96. The lowest BCUT2D eigenvalue weighted by atomic mass is 10.1. The summed E-state index contributed by atoms with van der Waals surface area (Å²) < 4.78 is 10.6. The minimum Gasteiger partial charge on any atom is -0.460 e. The van der Waals surface area contributed by atoms with E-state index in [-0.39, 0.29) is 34.9 Å². The highest BCUT2D eigenvalue weighted by Crippen LogP contribution is 2.25. The van der Waals surface area contributed by atoms with E-state index in [1.54, 1.807) is 41.5 Å². The van der Waals surface area contributed by atoms with Crippen LogP contribution in [0.5, 0.6) is 0 Å². The van der Waals surface area contributed by atoms with E-state index in [1.807, 2.05) is 0 Å². The van der Waals surface area contributed by atoms with Crippen molar-refractivity contribution in [3.8, 4) is 0 Å². The second kappa shape index (κ2) is 10.4. The number of hydrogen-bond donors (Lipinski definition) is 3. The highest BCUT2D eigenvalue weighted by Gasteiger charge is 2.25. The molecule has 4 N–H and O–H groups in total. The number of nitrogen functional groups attached to an aromatic ring is 1. The zero-order valence-electron chi connectivity index (χ0n) is 18.6. The van der Waals surface area contributed by atoms with Crippen molar-refractivity contribution >= 4 is 46.3 Å². The Morgan fingerprint density at radius 1 is 1.16 bits per heavy atom. The topological polar surface area (TPSA) is 146 Å². The van der Waals surface area contributed by atoms with Crippen LogP contribution in [0.1, 0.15) is 54.4 Å². The first-order valence-corrected chi connectivity index (χ1v) is 10.0. The maximum Gasteiger partial charge on any atom is 0.408 e. The Morgan fingerprint density at radius 3 is 2.26 bits per heavy atom. The number of nitro benzene ring substituents is 1. The number of nitrogens with zero attached hydrogens (tertiary/aromatic N) is 1. The smallest absolute Gasteiger partial charge is 0.408 e. The standard InChI is InChI=1S/C20H30N4O6S/c1-19(2,3)29-16(25)10-9-14(23-18(26)30-20(4,5)6)17(31)22-15-11-12(24(27)28)7-8-13(15)21/h7-8,11,14H,9-10,21H2,1-6H3,(H,22,31)(H,23,26)/t14-/m0/s1. The SMILES string of the molecule is CC(C)(C)OC(=O)CC[C@H](NC(=O)OC(C)(C)C)C(=S)Nc1cc([N+](=O)[O-])ccc1N. The monoisotopic (exact) mass is 454 g/mol. The van der Waals surface area contributed by atoms with Crippen LogP contribution in [0.25, 0.3) is 0 Å². The van der Waals surface area contributed by atoms with Gasteiger partial charge in [0, 0.05) is 18.6 Å². The van der Waals surface area contributed by atoms with E-state index in [9.17, 15) is 19.7 Å². The molecule has 11 heteroatoms. The number of thiocarbonyl (C=S) groups is 1. The number of non-ortho nitro benzene ring substituents is 1. The molecule has 0 fully saturated rings. The second-order valence-corrected chi connectivity index (χ2v) is 9.28. The zero-order valence-corrected chi connectivity index (χ0v) is 19.4. The lowest BCUT2D eigenvalue weighted by molar-refractivity contribution is -0.384. The van der Waals surface area contributed by atoms with Gasteiger partial charge < -0.3 is 25.8 Å². The van der Waals surface area contributed by atoms with Crippen molar-refractivity contribution in [1.29, 1.82) is 0 Å². The lowest BCUT2D eigenvalue weighted by Crippen LogP contribution is -2.45. The summed E-state index contributed by atoms with van der Waals surface area (Å²) in [7, 11) is 0. The van der Waals surface area contributed by atoms with Crippen molar-refractivity contribution in [3.63, 3.8) is 0 Å². The number of nitrogens with two attached hydrogens (primary N) is 1. The molecule has 0 radical (unpaired) electrons. The number of carbonyl (C=O) groups is 2. The minimum atomic E-state index is -0.809. The van der Waals surface area contributed by atoms with Gasteiger partial charge in [-0.2, -0.15) is 0 Å². The number of amides is 1. The number of anilines is 2. The summed E-state index contributed by atoms with van der Waals surface area (Å²) in [6.45, 7) is 10.4. The van der Waals surface area contributed by atoms with Crippen molar-refractivity contribution in [1.82, 2.24) is 5.32 Å². The number of carbonyl (C=O) groups excluding carboxylic acids is 2. The van der Waals surface area contributed by atoms with Crippen molar-refractivity contribution in [2.24, 2.45) is 0 Å². The minimum absolute atomic E-state index is 0.0238. The van der Waals surface area contributed by atoms with E-state index in [0.29, 0.717) is 0 Å². The molecule has 31 heavy (non-hydrogen) atoms. The number of ether oxygens (including phenoxy) is 2. The average Bonchev–Trinajstić information content (AvgIpc) is 2.57. The third-order valence-electron chi connectivity index (χ3n) is 3.57. The Hall–Kier alpha value is -2.95. The van der Waals surface area contributed by atoms with Crippen LogP contribution in [0.2, 0.25) is 0 Å². The number of rotatable bonds is 7. The van der Waals surface area contributed by atoms with Gasteiger partial charge >= 0.3 is 12.1 Å². The number of hydrogen-bond acceptors (Lipinski definition) is 8. The first-order chi connectivity index (χ1) is 14.1. The van der Waals surface area contributed by atoms with E-state index >= 15 is 0 Å². The van der Waals surface area contributed by atoms with E-state index in [4.69, 9.17) is 27.4 Å². The summed E-state index contributed by atoms with van der Waals surface area (Å²) >= 11 is 5.39. The van der Waals surface area contributed by atoms with E-state index in [2.05, 4.69) is 10.6 Å². The van der Waals surface area contributed by atoms with Gasteiger partial charge in [0.15, 0.2) is 0 Å². The number of benzene rings is 1. The molecule has 0 unspecified atom stereocenters. The van der Waals surface area contributed by atoms with Gasteiger partial charge in [0.1, 0.15) is 16.2 Å². The Morgan fingerprint density at radius 2 is 1.74 bits per heavy atom. The van der Waals surface area contributed by atoms with Crippen molar-refractivity contribution in [2.75, 3.05) is 11.1 Å². The molecule has 1 rings (SSSR count). The maximum atomic E-state index is 12.3. The highest BCUT2D eigenvalue weighted by molar-refractivity contribution is 7.80. The maximum absolute atomic E-state index is 12.3. The number of nitro groups is 1. The van der Waals surface area contributed by atoms with Crippen molar-refractivity contribution in [2.45, 2.75) is 71.6 Å². The van der Waals surface area contributed by atoms with Crippen LogP contribution in [0, 0.1) is 10.1 Å². The molecule has 172 valence electrons. The van der Waals surface area contributed by atoms with Crippen LogP contribution in [0.15, 0.2) is 18.2 Å². The molecule has 1 amide bonds. The van der Waals surface area contributed by atoms with Crippen LogP contribution in [-0.4, -0.2) is 39.2 Å². The van der Waals surface area contributed by atoms with Gasteiger partial charge in [0.2, 0.25) is 0 Å². The van der Waals surface area contributed by atoms with Crippen LogP contribution in [0.3, 0.4) is 0 Å². The van der Waals surface area contributed by atoms with Crippen LogP contribution in [-0.2, 0) is 14.3 Å². The molecule has 0 bridgehead atoms. The fourth-order valence-electron chi connectivity index (χ4n) is 2.36. The molecule has 1 aromatic carbocycles. The first-order valence-electron chi connectivity index (χ1n) is 9.63. The Balaban J connectivity index is 2.99. The van der Waals surface area contributed by atoms with Gasteiger partial charge in [-0.25, -0.2) is 4.79 Å². The molecular formula is C20H30N4O6S. The average molecular weight is 455 g/mol.